The van der Waals surface area contributed by atoms with Gasteiger partial charge in [0.1, 0.15) is 5.75 Å². The van der Waals surface area contributed by atoms with Gasteiger partial charge in [-0.2, -0.15) is 0 Å². The van der Waals surface area contributed by atoms with E-state index in [4.69, 9.17) is 4.74 Å². The van der Waals surface area contributed by atoms with Crippen LogP contribution in [0, 0.1) is 0 Å². The maximum atomic E-state index is 5.76. The zero-order valence-electron chi connectivity index (χ0n) is 10.8. The average molecular weight is 242 g/mol. The molecule has 1 N–H and O–H groups in total. The molecule has 3 heteroatoms. The van der Waals surface area contributed by atoms with Crippen LogP contribution in [0.15, 0.2) is 48.8 Å². The molecule has 0 saturated heterocycles. The number of rotatable bonds is 5. The van der Waals surface area contributed by atoms with E-state index in [-0.39, 0.29) is 6.10 Å². The first-order valence-electron chi connectivity index (χ1n) is 6.14. The number of hydrogen-bond acceptors (Lipinski definition) is 3. The molecule has 0 amide bonds. The minimum Gasteiger partial charge on any atom is -0.489 e. The van der Waals surface area contributed by atoms with Gasteiger partial charge in [0.05, 0.1) is 11.8 Å². The predicted molar refractivity (Wildman–Crippen MR) is 73.8 cm³/mol. The van der Waals surface area contributed by atoms with Gasteiger partial charge in [0.2, 0.25) is 0 Å². The molecule has 0 aliphatic rings. The summed E-state index contributed by atoms with van der Waals surface area (Å²) in [4.78, 5) is 4.00. The third-order valence-corrected chi connectivity index (χ3v) is 2.48. The lowest BCUT2D eigenvalue weighted by molar-refractivity contribution is 0.243. The lowest BCUT2D eigenvalue weighted by Gasteiger charge is -2.15. The standard InChI is InChI=1S/C15H18N2O/c1-12(2)18-15-6-4-3-5-14(15)17-11-13-7-9-16-10-8-13/h3-10,12,17H,11H2,1-2H3. The first kappa shape index (κ1) is 12.4. The molecule has 0 aliphatic heterocycles. The molecule has 3 nitrogen and oxygen atoms in total. The van der Waals surface area contributed by atoms with E-state index in [9.17, 15) is 0 Å². The molecule has 0 radical (unpaired) electrons. The highest BCUT2D eigenvalue weighted by Crippen LogP contribution is 2.25. The van der Waals surface area contributed by atoms with Gasteiger partial charge in [-0.15, -0.1) is 0 Å². The Morgan fingerprint density at radius 1 is 1.11 bits per heavy atom. The van der Waals surface area contributed by atoms with E-state index in [1.807, 2.05) is 50.2 Å². The van der Waals surface area contributed by atoms with Crippen LogP contribution in [0.5, 0.6) is 5.75 Å². The Morgan fingerprint density at radius 2 is 1.83 bits per heavy atom. The fourth-order valence-electron chi connectivity index (χ4n) is 1.67. The number of nitrogens with one attached hydrogen (secondary N) is 1. The van der Waals surface area contributed by atoms with Gasteiger partial charge in [-0.1, -0.05) is 12.1 Å². The van der Waals surface area contributed by atoms with Crippen LogP contribution in [0.2, 0.25) is 0 Å². The summed E-state index contributed by atoms with van der Waals surface area (Å²) in [6.45, 7) is 4.82. The Labute approximate surface area is 108 Å². The molecule has 1 aromatic heterocycles. The largest absolute Gasteiger partial charge is 0.489 e. The summed E-state index contributed by atoms with van der Waals surface area (Å²) >= 11 is 0. The lowest BCUT2D eigenvalue weighted by Crippen LogP contribution is -2.08. The smallest absolute Gasteiger partial charge is 0.142 e. The quantitative estimate of drug-likeness (QED) is 0.871. The van der Waals surface area contributed by atoms with E-state index in [1.165, 1.54) is 5.56 Å². The molecule has 0 bridgehead atoms. The van der Waals surface area contributed by atoms with Crippen molar-refractivity contribution in [3.8, 4) is 5.75 Å². The van der Waals surface area contributed by atoms with Crippen molar-refractivity contribution >= 4 is 5.69 Å². The number of nitrogens with zero attached hydrogens (tertiary/aromatic N) is 1. The van der Waals surface area contributed by atoms with Crippen molar-refractivity contribution in [3.05, 3.63) is 54.4 Å². The highest BCUT2D eigenvalue weighted by atomic mass is 16.5. The summed E-state index contributed by atoms with van der Waals surface area (Å²) in [6, 6.07) is 12.0. The zero-order chi connectivity index (χ0) is 12.8. The number of benzene rings is 1. The number of para-hydroxylation sites is 2. The minimum atomic E-state index is 0.175. The van der Waals surface area contributed by atoms with Gasteiger partial charge in [-0.3, -0.25) is 4.98 Å². The first-order chi connectivity index (χ1) is 8.75. The third-order valence-electron chi connectivity index (χ3n) is 2.48. The van der Waals surface area contributed by atoms with Crippen molar-refractivity contribution < 1.29 is 4.74 Å². The molecule has 94 valence electrons. The van der Waals surface area contributed by atoms with E-state index in [0.717, 1.165) is 18.0 Å². The zero-order valence-corrected chi connectivity index (χ0v) is 10.8. The Bertz CT molecular complexity index is 483. The normalized spacial score (nSPS) is 10.4. The number of anilines is 1. The van der Waals surface area contributed by atoms with E-state index in [0.29, 0.717) is 0 Å². The molecule has 2 aromatic rings. The summed E-state index contributed by atoms with van der Waals surface area (Å²) in [5.41, 5.74) is 2.22. The topological polar surface area (TPSA) is 34.1 Å². The third kappa shape index (κ3) is 3.48. The summed E-state index contributed by atoms with van der Waals surface area (Å²) in [7, 11) is 0. The van der Waals surface area contributed by atoms with Crippen LogP contribution < -0.4 is 10.1 Å². The molecule has 2 rings (SSSR count). The van der Waals surface area contributed by atoms with Gasteiger partial charge < -0.3 is 10.1 Å². The molecular weight excluding hydrogens is 224 g/mol. The van der Waals surface area contributed by atoms with Crippen molar-refractivity contribution in [2.45, 2.75) is 26.5 Å². The first-order valence-corrected chi connectivity index (χ1v) is 6.14. The maximum Gasteiger partial charge on any atom is 0.142 e. The van der Waals surface area contributed by atoms with Crippen LogP contribution in [-0.2, 0) is 6.54 Å². The van der Waals surface area contributed by atoms with Crippen molar-refractivity contribution in [2.75, 3.05) is 5.32 Å². The molecule has 1 heterocycles. The van der Waals surface area contributed by atoms with Gasteiger partial charge in [0.15, 0.2) is 0 Å². The van der Waals surface area contributed by atoms with Gasteiger partial charge in [-0.05, 0) is 43.7 Å². The molecular formula is C15H18N2O. The van der Waals surface area contributed by atoms with Crippen molar-refractivity contribution in [2.24, 2.45) is 0 Å². The van der Waals surface area contributed by atoms with Gasteiger partial charge in [-0.25, -0.2) is 0 Å². The van der Waals surface area contributed by atoms with Gasteiger partial charge >= 0.3 is 0 Å². The Kier molecular flexibility index (Phi) is 4.18. The molecule has 0 fully saturated rings. The van der Waals surface area contributed by atoms with E-state index in [2.05, 4.69) is 10.3 Å². The minimum absolute atomic E-state index is 0.175. The maximum absolute atomic E-state index is 5.76. The van der Waals surface area contributed by atoms with Crippen LogP contribution in [-0.4, -0.2) is 11.1 Å². The van der Waals surface area contributed by atoms with Crippen molar-refractivity contribution in [1.29, 1.82) is 0 Å². The second-order valence-corrected chi connectivity index (χ2v) is 4.37. The number of aromatic nitrogens is 1. The van der Waals surface area contributed by atoms with Gasteiger partial charge in [0.25, 0.3) is 0 Å². The number of ether oxygens (including phenoxy) is 1. The van der Waals surface area contributed by atoms with Crippen LogP contribution in [0.3, 0.4) is 0 Å². The Morgan fingerprint density at radius 3 is 2.56 bits per heavy atom. The van der Waals surface area contributed by atoms with Crippen LogP contribution in [0.4, 0.5) is 5.69 Å². The van der Waals surface area contributed by atoms with E-state index in [1.54, 1.807) is 12.4 Å². The van der Waals surface area contributed by atoms with Crippen LogP contribution >= 0.6 is 0 Å². The second kappa shape index (κ2) is 6.05. The average Bonchev–Trinajstić information content (AvgIpc) is 2.38. The van der Waals surface area contributed by atoms with E-state index >= 15 is 0 Å². The Balaban J connectivity index is 2.05. The second-order valence-electron chi connectivity index (χ2n) is 4.37. The van der Waals surface area contributed by atoms with Gasteiger partial charge in [0, 0.05) is 18.9 Å². The van der Waals surface area contributed by atoms with Crippen molar-refractivity contribution in [1.82, 2.24) is 4.98 Å². The van der Waals surface area contributed by atoms with Crippen LogP contribution in [0.25, 0.3) is 0 Å². The monoisotopic (exact) mass is 242 g/mol. The molecule has 0 spiro atoms. The lowest BCUT2D eigenvalue weighted by atomic mass is 10.2. The van der Waals surface area contributed by atoms with Crippen LogP contribution in [0.1, 0.15) is 19.4 Å². The fraction of sp³-hybridized carbons (Fsp3) is 0.267. The number of pyridine rings is 1. The molecule has 0 saturated carbocycles. The highest BCUT2D eigenvalue weighted by molar-refractivity contribution is 5.56. The number of hydrogen-bond donors (Lipinski definition) is 1. The SMILES string of the molecule is CC(C)Oc1ccccc1NCc1ccncc1. The molecule has 1 aromatic carbocycles. The van der Waals surface area contributed by atoms with E-state index < -0.39 is 0 Å². The molecule has 0 unspecified atom stereocenters. The summed E-state index contributed by atoms with van der Waals surface area (Å²) < 4.78 is 5.76. The molecule has 0 aliphatic carbocycles. The highest BCUT2D eigenvalue weighted by Gasteiger charge is 2.04. The summed E-state index contributed by atoms with van der Waals surface area (Å²) in [6.07, 6.45) is 3.77. The molecule has 18 heavy (non-hydrogen) atoms. The fourth-order valence-corrected chi connectivity index (χ4v) is 1.67. The predicted octanol–water partition coefficient (Wildman–Crippen LogP) is 3.48. The molecule has 0 atom stereocenters. The summed E-state index contributed by atoms with van der Waals surface area (Å²) in [5.74, 6) is 0.890. The van der Waals surface area contributed by atoms with Crippen molar-refractivity contribution in [3.63, 3.8) is 0 Å². The summed E-state index contributed by atoms with van der Waals surface area (Å²) in [5, 5.41) is 3.38. The Hall–Kier alpha value is -2.03.